The van der Waals surface area contributed by atoms with Crippen LogP contribution >= 0.6 is 47.8 Å². The molecule has 0 radical (unpaired) electrons. The van der Waals surface area contributed by atoms with Gasteiger partial charge in [0.15, 0.2) is 0 Å². The number of benzene rings is 1. The fourth-order valence-corrected chi connectivity index (χ4v) is 2.61. The van der Waals surface area contributed by atoms with Crippen molar-refractivity contribution in [3.63, 3.8) is 0 Å². The van der Waals surface area contributed by atoms with Gasteiger partial charge < -0.3 is 4.98 Å². The minimum Gasteiger partial charge on any atom is -0.354 e. The summed E-state index contributed by atoms with van der Waals surface area (Å²) < 4.78 is 2.46. The summed E-state index contributed by atoms with van der Waals surface area (Å²) in [4.78, 5) is 2.99. The molecule has 1 heterocycles. The fraction of sp³-hybridized carbons (Fsp3) is 0. The third-order valence-corrected chi connectivity index (χ3v) is 4.71. The van der Waals surface area contributed by atoms with Crippen LogP contribution in [0, 0.1) is 0 Å². The van der Waals surface area contributed by atoms with Gasteiger partial charge in [-0.15, -0.1) is 5.23 Å². The summed E-state index contributed by atoms with van der Waals surface area (Å²) in [5.41, 5.74) is 1.79. The van der Waals surface area contributed by atoms with E-state index in [1.807, 2.05) is 0 Å². The van der Waals surface area contributed by atoms with Gasteiger partial charge in [-0.2, -0.15) is 0 Å². The predicted molar refractivity (Wildman–Crippen MR) is 75.4 cm³/mol. The summed E-state index contributed by atoms with van der Waals surface area (Å²) in [6.45, 7) is 0. The highest BCUT2D eigenvalue weighted by molar-refractivity contribution is 9.13. The molecule has 0 aliphatic rings. The molecular weight excluding hydrogens is 420 g/mol. The Hall–Kier alpha value is -0.340. The Morgan fingerprint density at radius 1 is 1.06 bits per heavy atom. The first-order valence-corrected chi connectivity index (χ1v) is 6.88. The minimum absolute atomic E-state index is 0.106. The number of H-pyrrole nitrogens is 1. The van der Waals surface area contributed by atoms with Crippen molar-refractivity contribution in [3.05, 3.63) is 37.9 Å². The molecule has 0 bridgehead atoms. The van der Waals surface area contributed by atoms with Crippen LogP contribution in [-0.2, 0) is 0 Å². The molecule has 0 fully saturated rings. The molecule has 0 saturated carbocycles. The summed E-state index contributed by atoms with van der Waals surface area (Å²) in [7, 11) is 0. The van der Waals surface area contributed by atoms with Crippen molar-refractivity contribution in [3.8, 4) is 11.1 Å². The molecule has 2 rings (SSSR count). The third-order valence-electron chi connectivity index (χ3n) is 2.24. The van der Waals surface area contributed by atoms with E-state index in [1.165, 1.54) is 0 Å². The first-order valence-electron chi connectivity index (χ1n) is 4.51. The quantitative estimate of drug-likeness (QED) is 0.617. The van der Waals surface area contributed by atoms with E-state index in [2.05, 4.69) is 52.8 Å². The Balaban J connectivity index is 2.65. The Labute approximate surface area is 123 Å². The van der Waals surface area contributed by atoms with Gasteiger partial charge in [0.1, 0.15) is 5.69 Å². The van der Waals surface area contributed by atoms with Crippen molar-refractivity contribution in [1.82, 2.24) is 4.98 Å². The summed E-state index contributed by atoms with van der Waals surface area (Å²) in [6.07, 6.45) is 1.77. The van der Waals surface area contributed by atoms with Crippen LogP contribution in [0.25, 0.3) is 11.1 Å². The lowest BCUT2D eigenvalue weighted by Gasteiger charge is -2.13. The van der Waals surface area contributed by atoms with Crippen molar-refractivity contribution >= 4 is 53.5 Å². The Morgan fingerprint density at radius 3 is 2.29 bits per heavy atom. The number of rotatable bonds is 2. The number of halogens is 3. The molecule has 90 valence electrons. The van der Waals surface area contributed by atoms with Crippen LogP contribution in [-0.4, -0.2) is 15.4 Å². The zero-order valence-corrected chi connectivity index (χ0v) is 13.0. The van der Waals surface area contributed by atoms with Crippen LogP contribution in [0.4, 0.5) is 5.69 Å². The number of nitrogens with one attached hydrogen (secondary N) is 1. The van der Waals surface area contributed by atoms with Crippen molar-refractivity contribution in [2.45, 2.75) is 0 Å². The van der Waals surface area contributed by atoms with Crippen molar-refractivity contribution in [2.24, 2.45) is 0 Å². The lowest BCUT2D eigenvalue weighted by atomic mass is 10.1. The maximum Gasteiger partial charge on any atom is 0.102 e. The van der Waals surface area contributed by atoms with Crippen LogP contribution in [0.1, 0.15) is 0 Å². The van der Waals surface area contributed by atoms with Crippen LogP contribution < -0.4 is 5.23 Å². The number of aromatic amines is 1. The largest absolute Gasteiger partial charge is 0.354 e. The summed E-state index contributed by atoms with van der Waals surface area (Å²) in [5, 5.41) is 18.5. The zero-order valence-electron chi connectivity index (χ0n) is 8.28. The molecule has 1 aromatic heterocycles. The number of hydrogen-bond donors (Lipinski definition) is 3. The molecule has 4 nitrogen and oxygen atoms in total. The standard InChI is InChI=1S/C10H7Br3N2O2/c11-5-1-2-8(15(16)17)6(3-5)7-4-14-10(13)9(7)12/h1-4,14,16-17H. The molecule has 0 aliphatic carbocycles. The van der Waals surface area contributed by atoms with Crippen LogP contribution in [0.2, 0.25) is 0 Å². The maximum absolute atomic E-state index is 9.19. The lowest BCUT2D eigenvalue weighted by Crippen LogP contribution is -2.12. The molecule has 2 aromatic rings. The van der Waals surface area contributed by atoms with E-state index in [9.17, 15) is 10.4 Å². The smallest absolute Gasteiger partial charge is 0.102 e. The first kappa shape index (κ1) is 13.1. The van der Waals surface area contributed by atoms with E-state index >= 15 is 0 Å². The van der Waals surface area contributed by atoms with Gasteiger partial charge in [-0.1, -0.05) is 15.9 Å². The van der Waals surface area contributed by atoms with Gasteiger partial charge >= 0.3 is 0 Å². The molecule has 0 atom stereocenters. The van der Waals surface area contributed by atoms with Gasteiger partial charge in [0.25, 0.3) is 0 Å². The molecule has 0 saturated heterocycles. The topological polar surface area (TPSA) is 59.5 Å². The highest BCUT2D eigenvalue weighted by atomic mass is 79.9. The minimum atomic E-state index is 0.106. The van der Waals surface area contributed by atoms with Crippen molar-refractivity contribution in [2.75, 3.05) is 5.23 Å². The predicted octanol–water partition coefficient (Wildman–Crippen LogP) is 4.55. The van der Waals surface area contributed by atoms with Crippen LogP contribution in [0.15, 0.2) is 37.9 Å². The highest BCUT2D eigenvalue weighted by Crippen LogP contribution is 2.39. The normalized spacial score (nSPS) is 10.6. The average Bonchev–Trinajstić information content (AvgIpc) is 2.59. The Bertz CT molecular complexity index is 554. The van der Waals surface area contributed by atoms with Crippen molar-refractivity contribution in [1.29, 1.82) is 0 Å². The molecule has 1 aromatic carbocycles. The average molecular weight is 427 g/mol. The summed E-state index contributed by atoms with van der Waals surface area (Å²) in [6, 6.07) is 5.13. The van der Waals surface area contributed by atoms with E-state index in [1.54, 1.807) is 24.4 Å². The zero-order chi connectivity index (χ0) is 12.6. The molecular formula is C10H7Br3N2O2. The number of anilines is 1. The van der Waals surface area contributed by atoms with Crippen LogP contribution in [0.5, 0.6) is 0 Å². The molecule has 0 spiro atoms. The van der Waals surface area contributed by atoms with Gasteiger partial charge in [-0.25, -0.2) is 0 Å². The Morgan fingerprint density at radius 2 is 1.76 bits per heavy atom. The molecule has 0 unspecified atom stereocenters. The van der Waals surface area contributed by atoms with E-state index in [4.69, 9.17) is 0 Å². The van der Waals surface area contributed by atoms with Crippen LogP contribution in [0.3, 0.4) is 0 Å². The van der Waals surface area contributed by atoms with Gasteiger partial charge in [0.05, 0.1) is 9.08 Å². The SMILES string of the molecule is ON(O)c1ccc(Br)cc1-c1c[nH]c(Br)c1Br. The molecule has 17 heavy (non-hydrogen) atoms. The molecule has 0 amide bonds. The fourth-order valence-electron chi connectivity index (χ4n) is 1.47. The second-order valence-electron chi connectivity index (χ2n) is 3.28. The van der Waals surface area contributed by atoms with E-state index < -0.39 is 0 Å². The molecule has 3 N–H and O–H groups in total. The Kier molecular flexibility index (Phi) is 3.94. The molecule has 0 aliphatic heterocycles. The van der Waals surface area contributed by atoms with Gasteiger partial charge in [-0.05, 0) is 50.1 Å². The second kappa shape index (κ2) is 5.11. The maximum atomic E-state index is 9.19. The number of hydrogen-bond acceptors (Lipinski definition) is 3. The van der Waals surface area contributed by atoms with Gasteiger partial charge in [0, 0.05) is 21.8 Å². The lowest BCUT2D eigenvalue weighted by molar-refractivity contribution is 0.0295. The van der Waals surface area contributed by atoms with Gasteiger partial charge in [-0.3, -0.25) is 10.4 Å². The van der Waals surface area contributed by atoms with Crippen molar-refractivity contribution < 1.29 is 10.4 Å². The summed E-state index contributed by atoms with van der Waals surface area (Å²) >= 11 is 10.1. The number of nitrogens with zero attached hydrogens (tertiary/aromatic N) is 1. The monoisotopic (exact) mass is 424 g/mol. The summed E-state index contributed by atoms with van der Waals surface area (Å²) in [5.74, 6) is 0. The molecule has 7 heteroatoms. The third kappa shape index (κ3) is 2.58. The van der Waals surface area contributed by atoms with E-state index in [0.717, 1.165) is 19.1 Å². The van der Waals surface area contributed by atoms with Gasteiger partial charge in [0.2, 0.25) is 0 Å². The number of aromatic nitrogens is 1. The highest BCUT2D eigenvalue weighted by Gasteiger charge is 2.15. The van der Waals surface area contributed by atoms with E-state index in [0.29, 0.717) is 11.3 Å². The second-order valence-corrected chi connectivity index (χ2v) is 5.78. The first-order chi connectivity index (χ1) is 8.00. The van der Waals surface area contributed by atoms with E-state index in [-0.39, 0.29) is 5.23 Å².